The van der Waals surface area contributed by atoms with Crippen molar-refractivity contribution in [1.29, 1.82) is 0 Å². The van der Waals surface area contributed by atoms with Crippen molar-refractivity contribution in [2.75, 3.05) is 52.4 Å². The predicted molar refractivity (Wildman–Crippen MR) is 231 cm³/mol. The Balaban J connectivity index is 1.10. The fraction of sp³-hybridized carbons (Fsp3) is 0.298. The Hall–Kier alpha value is -6.25. The molecule has 0 unspecified atom stereocenters. The molecule has 312 valence electrons. The maximum Gasteiger partial charge on any atom is 0.283 e. The van der Waals surface area contributed by atoms with Gasteiger partial charge in [-0.1, -0.05) is 109 Å². The molecule has 60 heavy (non-hydrogen) atoms. The molecule has 4 heterocycles. The highest BCUT2D eigenvalue weighted by Gasteiger charge is 2.19. The second kappa shape index (κ2) is 21.7. The summed E-state index contributed by atoms with van der Waals surface area (Å²) in [5.41, 5.74) is 4.50. The van der Waals surface area contributed by atoms with Gasteiger partial charge in [-0.25, -0.2) is 0 Å². The van der Waals surface area contributed by atoms with Crippen LogP contribution in [0.2, 0.25) is 0 Å². The average molecular weight is 812 g/mol. The SMILES string of the molecule is O=c1cccc(CN2CCNCCN(Cc3cccc(=O)n3OCc3ccccc3)CCN(Cc3cccc(=O)n3OCc3ccccc3)CC2)n1OCc1ccccc1. The minimum Gasteiger partial charge on any atom is -0.406 e. The normalized spacial score (nSPS) is 14.8. The molecule has 0 bridgehead atoms. The number of nitrogens with one attached hydrogen (secondary N) is 1. The highest BCUT2D eigenvalue weighted by atomic mass is 16.7. The van der Waals surface area contributed by atoms with Crippen molar-refractivity contribution >= 4 is 0 Å². The largest absolute Gasteiger partial charge is 0.406 e. The molecule has 13 nitrogen and oxygen atoms in total. The van der Waals surface area contributed by atoms with Crippen LogP contribution in [0.1, 0.15) is 33.8 Å². The van der Waals surface area contributed by atoms with Gasteiger partial charge in [0.25, 0.3) is 16.7 Å². The van der Waals surface area contributed by atoms with Gasteiger partial charge < -0.3 is 19.8 Å². The maximum absolute atomic E-state index is 13.2. The average Bonchev–Trinajstić information content (AvgIpc) is 3.26. The summed E-state index contributed by atoms with van der Waals surface area (Å²) >= 11 is 0. The number of pyridine rings is 3. The quantitative estimate of drug-likeness (QED) is 0.166. The van der Waals surface area contributed by atoms with E-state index >= 15 is 0 Å². The van der Waals surface area contributed by atoms with Crippen LogP contribution in [-0.2, 0) is 39.5 Å². The Bertz CT molecular complexity index is 2290. The molecule has 1 N–H and O–H groups in total. The van der Waals surface area contributed by atoms with Crippen molar-refractivity contribution in [3.63, 3.8) is 0 Å². The van der Waals surface area contributed by atoms with Crippen LogP contribution in [0, 0.1) is 0 Å². The summed E-state index contributed by atoms with van der Waals surface area (Å²) in [6.45, 7) is 7.80. The molecule has 7 rings (SSSR count). The molecular weight excluding hydrogens is 759 g/mol. The lowest BCUT2D eigenvalue weighted by Gasteiger charge is -2.32. The molecule has 13 heteroatoms. The van der Waals surface area contributed by atoms with Gasteiger partial charge in [0, 0.05) is 90.2 Å². The van der Waals surface area contributed by atoms with Crippen LogP contribution in [0.15, 0.2) is 160 Å². The molecule has 0 saturated carbocycles. The molecule has 3 aromatic heterocycles. The predicted octanol–water partition coefficient (Wildman–Crippen LogP) is 3.47. The molecular formula is C47H53N7O6. The number of aromatic nitrogens is 3. The summed E-state index contributed by atoms with van der Waals surface area (Å²) in [5, 5.41) is 3.62. The third-order valence-corrected chi connectivity index (χ3v) is 10.4. The van der Waals surface area contributed by atoms with Crippen LogP contribution in [0.25, 0.3) is 0 Å². The van der Waals surface area contributed by atoms with Gasteiger partial charge in [-0.3, -0.25) is 29.1 Å². The van der Waals surface area contributed by atoms with Crippen molar-refractivity contribution in [2.24, 2.45) is 0 Å². The van der Waals surface area contributed by atoms with Crippen LogP contribution < -0.4 is 36.5 Å². The van der Waals surface area contributed by atoms with Crippen LogP contribution in [-0.4, -0.2) is 81.2 Å². The Labute approximate surface area is 350 Å². The first-order valence-corrected chi connectivity index (χ1v) is 20.5. The second-order valence-corrected chi connectivity index (χ2v) is 14.8. The molecule has 0 atom stereocenters. The van der Waals surface area contributed by atoms with E-state index in [1.54, 1.807) is 18.2 Å². The van der Waals surface area contributed by atoms with E-state index in [0.29, 0.717) is 45.8 Å². The second-order valence-electron chi connectivity index (χ2n) is 14.8. The topological polar surface area (TPSA) is 115 Å². The summed E-state index contributed by atoms with van der Waals surface area (Å²) < 4.78 is 4.22. The zero-order chi connectivity index (χ0) is 41.4. The van der Waals surface area contributed by atoms with E-state index in [-0.39, 0.29) is 36.5 Å². The standard InChI is InChI=1S/C47H53N7O6/c55-45-22-10-19-42(52(45)58-36-39-13-4-1-5-14-39)33-49-27-25-48-26-28-50(34-43-20-11-23-46(56)53(43)59-37-40-15-6-2-7-16-40)30-32-51(31-29-49)35-44-21-12-24-47(57)54(44)60-38-41-17-8-3-9-18-41/h1-24,48H,25-38H2. The summed E-state index contributed by atoms with van der Waals surface area (Å²) in [4.78, 5) is 64.8. The summed E-state index contributed by atoms with van der Waals surface area (Å²) in [6.07, 6.45) is 0. The van der Waals surface area contributed by atoms with E-state index in [2.05, 4.69) is 20.0 Å². The van der Waals surface area contributed by atoms with Gasteiger partial charge in [0.2, 0.25) is 0 Å². The van der Waals surface area contributed by atoms with Gasteiger partial charge in [-0.2, -0.15) is 0 Å². The Kier molecular flexibility index (Phi) is 15.1. The zero-order valence-corrected chi connectivity index (χ0v) is 33.9. The van der Waals surface area contributed by atoms with Crippen molar-refractivity contribution in [3.05, 3.63) is 210 Å². The zero-order valence-electron chi connectivity index (χ0n) is 33.9. The first-order chi connectivity index (χ1) is 29.5. The van der Waals surface area contributed by atoms with Gasteiger partial charge in [0.05, 0.1) is 17.1 Å². The van der Waals surface area contributed by atoms with Gasteiger partial charge in [0.1, 0.15) is 19.8 Å². The fourth-order valence-electron chi connectivity index (χ4n) is 7.15. The van der Waals surface area contributed by atoms with E-state index in [9.17, 15) is 14.4 Å². The molecule has 0 amide bonds. The molecule has 0 radical (unpaired) electrons. The van der Waals surface area contributed by atoms with Crippen molar-refractivity contribution in [3.8, 4) is 0 Å². The molecule has 1 aliphatic rings. The van der Waals surface area contributed by atoms with Crippen LogP contribution >= 0.6 is 0 Å². The smallest absolute Gasteiger partial charge is 0.283 e. The molecule has 6 aromatic rings. The Morgan fingerprint density at radius 3 is 0.983 bits per heavy atom. The summed E-state index contributed by atoms with van der Waals surface area (Å²) in [5.74, 6) is 0. The minimum atomic E-state index is -0.234. The first kappa shape index (κ1) is 41.9. The van der Waals surface area contributed by atoms with E-state index < -0.39 is 0 Å². The molecule has 0 spiro atoms. The molecule has 0 aliphatic carbocycles. The van der Waals surface area contributed by atoms with Crippen molar-refractivity contribution in [1.82, 2.24) is 34.2 Å². The van der Waals surface area contributed by atoms with E-state index in [1.165, 1.54) is 32.4 Å². The maximum atomic E-state index is 13.2. The van der Waals surface area contributed by atoms with Gasteiger partial charge in [-0.15, -0.1) is 14.2 Å². The highest BCUT2D eigenvalue weighted by molar-refractivity contribution is 5.16. The van der Waals surface area contributed by atoms with Crippen LogP contribution in [0.4, 0.5) is 0 Å². The van der Waals surface area contributed by atoms with E-state index in [4.69, 9.17) is 14.5 Å². The van der Waals surface area contributed by atoms with Crippen molar-refractivity contribution in [2.45, 2.75) is 39.5 Å². The molecule has 1 fully saturated rings. The number of hydrogen-bond acceptors (Lipinski definition) is 10. The molecule has 1 aliphatic heterocycles. The van der Waals surface area contributed by atoms with Gasteiger partial charge in [-0.05, 0) is 34.9 Å². The van der Waals surface area contributed by atoms with Gasteiger partial charge in [0.15, 0.2) is 0 Å². The van der Waals surface area contributed by atoms with Crippen LogP contribution in [0.5, 0.6) is 0 Å². The lowest BCUT2D eigenvalue weighted by Crippen LogP contribution is -2.45. The van der Waals surface area contributed by atoms with E-state index in [0.717, 1.165) is 60.0 Å². The number of hydrogen-bond donors (Lipinski definition) is 1. The molecule has 1 saturated heterocycles. The third-order valence-electron chi connectivity index (χ3n) is 10.4. The number of benzene rings is 3. The highest BCUT2D eigenvalue weighted by Crippen LogP contribution is 2.11. The number of rotatable bonds is 15. The number of nitrogens with zero attached hydrogens (tertiary/aromatic N) is 6. The van der Waals surface area contributed by atoms with E-state index in [1.807, 2.05) is 109 Å². The van der Waals surface area contributed by atoms with Gasteiger partial charge >= 0.3 is 0 Å². The van der Waals surface area contributed by atoms with Crippen molar-refractivity contribution < 1.29 is 14.5 Å². The first-order valence-electron chi connectivity index (χ1n) is 20.5. The lowest BCUT2D eigenvalue weighted by molar-refractivity contribution is 0.0672. The monoisotopic (exact) mass is 811 g/mol. The molecule has 3 aromatic carbocycles. The summed E-state index contributed by atoms with van der Waals surface area (Å²) in [6, 6.07) is 45.1. The Morgan fingerprint density at radius 2 is 0.667 bits per heavy atom. The Morgan fingerprint density at radius 1 is 0.367 bits per heavy atom. The van der Waals surface area contributed by atoms with Crippen LogP contribution in [0.3, 0.4) is 0 Å². The minimum absolute atomic E-state index is 0.218. The lowest BCUT2D eigenvalue weighted by atomic mass is 10.2. The fourth-order valence-corrected chi connectivity index (χ4v) is 7.15. The third kappa shape index (κ3) is 12.1. The summed E-state index contributed by atoms with van der Waals surface area (Å²) in [7, 11) is 0.